The zero-order valence-electron chi connectivity index (χ0n) is 12.8. The number of thioether (sulfide) groups is 1. The number of carbonyl (C=O) groups excluding carboxylic acids is 2. The van der Waals surface area contributed by atoms with Crippen LogP contribution in [0, 0.1) is 0 Å². The number of benzene rings is 1. The van der Waals surface area contributed by atoms with E-state index in [-0.39, 0.29) is 28.4 Å². The molecule has 0 spiro atoms. The van der Waals surface area contributed by atoms with Crippen LogP contribution in [-0.2, 0) is 11.2 Å². The SMILES string of the molecule is O=C1NC(=O)C([C@@H]2CCc3cc(OC4CCCNC4)ccc32)S1. The summed E-state index contributed by atoms with van der Waals surface area (Å²) in [6, 6.07) is 6.20. The number of ether oxygens (including phenoxy) is 1. The van der Waals surface area contributed by atoms with E-state index in [2.05, 4.69) is 22.8 Å². The van der Waals surface area contributed by atoms with Crippen molar-refractivity contribution in [1.82, 2.24) is 10.6 Å². The first-order valence-corrected chi connectivity index (χ1v) is 9.10. The Morgan fingerprint density at radius 3 is 2.87 bits per heavy atom. The summed E-state index contributed by atoms with van der Waals surface area (Å²) in [6.07, 6.45) is 4.35. The number of imide groups is 1. The van der Waals surface area contributed by atoms with Crippen molar-refractivity contribution in [1.29, 1.82) is 0 Å². The van der Waals surface area contributed by atoms with Crippen LogP contribution in [0.1, 0.15) is 36.3 Å². The van der Waals surface area contributed by atoms with Crippen LogP contribution in [0.4, 0.5) is 4.79 Å². The highest BCUT2D eigenvalue weighted by atomic mass is 32.2. The number of aryl methyl sites for hydroxylation is 1. The second kappa shape index (κ2) is 6.17. The molecule has 3 atom stereocenters. The molecular formula is C17H20N2O3S. The van der Waals surface area contributed by atoms with Crippen molar-refractivity contribution in [3.05, 3.63) is 29.3 Å². The molecule has 122 valence electrons. The van der Waals surface area contributed by atoms with Crippen LogP contribution in [0.2, 0.25) is 0 Å². The van der Waals surface area contributed by atoms with Crippen LogP contribution in [0.3, 0.4) is 0 Å². The zero-order valence-corrected chi connectivity index (χ0v) is 13.7. The Bertz CT molecular complexity index is 643. The van der Waals surface area contributed by atoms with Gasteiger partial charge in [-0.2, -0.15) is 0 Å². The number of hydrogen-bond acceptors (Lipinski definition) is 5. The van der Waals surface area contributed by atoms with Crippen LogP contribution in [-0.4, -0.2) is 35.6 Å². The summed E-state index contributed by atoms with van der Waals surface area (Å²) in [5, 5.41) is 5.25. The molecule has 2 saturated heterocycles. The molecule has 23 heavy (non-hydrogen) atoms. The van der Waals surface area contributed by atoms with Crippen molar-refractivity contribution < 1.29 is 14.3 Å². The normalized spacial score (nSPS) is 30.2. The summed E-state index contributed by atoms with van der Waals surface area (Å²) in [6.45, 7) is 1.98. The zero-order chi connectivity index (χ0) is 15.8. The number of fused-ring (bicyclic) bond motifs is 1. The average molecular weight is 332 g/mol. The molecule has 5 nitrogen and oxygen atoms in total. The second-order valence-electron chi connectivity index (χ2n) is 6.41. The van der Waals surface area contributed by atoms with E-state index in [1.54, 1.807) is 0 Å². The maximum Gasteiger partial charge on any atom is 0.286 e. The van der Waals surface area contributed by atoms with Gasteiger partial charge in [0, 0.05) is 12.5 Å². The van der Waals surface area contributed by atoms with E-state index in [0.717, 1.165) is 56.3 Å². The standard InChI is InChI=1S/C17H20N2O3S/c20-16-15(23-17(21)19-16)14-5-3-10-8-11(4-6-13(10)14)22-12-2-1-7-18-9-12/h4,6,8,12,14-15,18H,1-3,5,7,9H2,(H,19,20,21)/t12?,14-,15?/m1/s1. The van der Waals surface area contributed by atoms with Crippen LogP contribution in [0.15, 0.2) is 18.2 Å². The molecule has 2 heterocycles. The van der Waals surface area contributed by atoms with Crippen LogP contribution < -0.4 is 15.4 Å². The lowest BCUT2D eigenvalue weighted by atomic mass is 9.97. The molecule has 2 fully saturated rings. The Morgan fingerprint density at radius 1 is 1.22 bits per heavy atom. The molecule has 6 heteroatoms. The topological polar surface area (TPSA) is 67.4 Å². The molecule has 4 rings (SSSR count). The van der Waals surface area contributed by atoms with Gasteiger partial charge in [-0.25, -0.2) is 0 Å². The summed E-state index contributed by atoms with van der Waals surface area (Å²) in [5.41, 5.74) is 2.45. The average Bonchev–Trinajstić information content (AvgIpc) is 3.10. The monoisotopic (exact) mass is 332 g/mol. The number of rotatable bonds is 3. The first kappa shape index (κ1) is 15.0. The summed E-state index contributed by atoms with van der Waals surface area (Å²) in [4.78, 5) is 23.3. The highest BCUT2D eigenvalue weighted by Crippen LogP contribution is 2.43. The Balaban J connectivity index is 1.50. The van der Waals surface area contributed by atoms with Gasteiger partial charge < -0.3 is 10.1 Å². The fraction of sp³-hybridized carbons (Fsp3) is 0.529. The fourth-order valence-electron chi connectivity index (χ4n) is 3.76. The van der Waals surface area contributed by atoms with E-state index >= 15 is 0 Å². The van der Waals surface area contributed by atoms with Gasteiger partial charge in [-0.05, 0) is 55.5 Å². The minimum atomic E-state index is -0.280. The summed E-state index contributed by atoms with van der Waals surface area (Å²) in [7, 11) is 0. The van der Waals surface area contributed by atoms with Crippen LogP contribution in [0.5, 0.6) is 5.75 Å². The molecule has 1 aromatic carbocycles. The Morgan fingerprint density at radius 2 is 2.13 bits per heavy atom. The van der Waals surface area contributed by atoms with Gasteiger partial charge >= 0.3 is 0 Å². The van der Waals surface area contributed by atoms with E-state index in [4.69, 9.17) is 4.74 Å². The molecule has 2 amide bonds. The largest absolute Gasteiger partial charge is 0.489 e. The lowest BCUT2D eigenvalue weighted by Crippen LogP contribution is -2.37. The van der Waals surface area contributed by atoms with Crippen molar-refractivity contribution in [2.24, 2.45) is 0 Å². The fourth-order valence-corrected chi connectivity index (χ4v) is 4.77. The first-order chi connectivity index (χ1) is 11.2. The van der Waals surface area contributed by atoms with Gasteiger partial charge in [-0.15, -0.1) is 0 Å². The summed E-state index contributed by atoms with van der Waals surface area (Å²) < 4.78 is 6.08. The van der Waals surface area contributed by atoms with Gasteiger partial charge in [0.1, 0.15) is 17.1 Å². The third kappa shape index (κ3) is 2.97. The van der Waals surface area contributed by atoms with Crippen molar-refractivity contribution >= 4 is 22.9 Å². The lowest BCUT2D eigenvalue weighted by Gasteiger charge is -2.24. The van der Waals surface area contributed by atoms with E-state index in [0.29, 0.717) is 0 Å². The molecule has 1 aliphatic carbocycles. The van der Waals surface area contributed by atoms with E-state index in [1.807, 2.05) is 6.07 Å². The smallest absolute Gasteiger partial charge is 0.286 e. The van der Waals surface area contributed by atoms with E-state index < -0.39 is 0 Å². The molecular weight excluding hydrogens is 312 g/mol. The van der Waals surface area contributed by atoms with E-state index in [9.17, 15) is 9.59 Å². The number of amides is 2. The third-order valence-corrected chi connectivity index (χ3v) is 5.99. The van der Waals surface area contributed by atoms with Crippen molar-refractivity contribution in [3.8, 4) is 5.75 Å². The quantitative estimate of drug-likeness (QED) is 0.888. The lowest BCUT2D eigenvalue weighted by molar-refractivity contribution is -0.119. The van der Waals surface area contributed by atoms with Gasteiger partial charge in [-0.1, -0.05) is 17.8 Å². The molecule has 2 N–H and O–H groups in total. The number of piperidine rings is 1. The third-order valence-electron chi connectivity index (χ3n) is 4.88. The van der Waals surface area contributed by atoms with Gasteiger partial charge in [0.05, 0.1) is 0 Å². The van der Waals surface area contributed by atoms with E-state index in [1.165, 1.54) is 11.1 Å². The molecule has 0 saturated carbocycles. The predicted molar refractivity (Wildman–Crippen MR) is 88.9 cm³/mol. The number of nitrogens with one attached hydrogen (secondary N) is 2. The maximum absolute atomic E-state index is 11.9. The minimum absolute atomic E-state index is 0.131. The predicted octanol–water partition coefficient (Wildman–Crippen LogP) is 2.20. The van der Waals surface area contributed by atoms with Gasteiger partial charge in [0.15, 0.2) is 0 Å². The highest BCUT2D eigenvalue weighted by molar-refractivity contribution is 8.15. The molecule has 3 aliphatic rings. The van der Waals surface area contributed by atoms with Crippen molar-refractivity contribution in [3.63, 3.8) is 0 Å². The molecule has 1 aromatic rings. The molecule has 0 bridgehead atoms. The van der Waals surface area contributed by atoms with Crippen molar-refractivity contribution in [2.75, 3.05) is 13.1 Å². The summed E-state index contributed by atoms with van der Waals surface area (Å²) in [5.74, 6) is 0.899. The van der Waals surface area contributed by atoms with Gasteiger partial charge in [0.2, 0.25) is 5.91 Å². The van der Waals surface area contributed by atoms with Gasteiger partial charge in [0.25, 0.3) is 5.24 Å². The molecule has 2 aliphatic heterocycles. The Labute approximate surface area is 139 Å². The molecule has 2 unspecified atom stereocenters. The minimum Gasteiger partial charge on any atom is -0.489 e. The van der Waals surface area contributed by atoms with Gasteiger partial charge in [-0.3, -0.25) is 14.9 Å². The highest BCUT2D eigenvalue weighted by Gasteiger charge is 2.41. The number of carbonyl (C=O) groups is 2. The summed E-state index contributed by atoms with van der Waals surface area (Å²) >= 11 is 1.13. The molecule has 0 aromatic heterocycles. The second-order valence-corrected chi connectivity index (χ2v) is 7.52. The van der Waals surface area contributed by atoms with Crippen LogP contribution >= 0.6 is 11.8 Å². The van der Waals surface area contributed by atoms with Crippen LogP contribution in [0.25, 0.3) is 0 Å². The number of hydrogen-bond donors (Lipinski definition) is 2. The van der Waals surface area contributed by atoms with Crippen molar-refractivity contribution in [2.45, 2.75) is 43.0 Å². The first-order valence-electron chi connectivity index (χ1n) is 8.22. The molecule has 0 radical (unpaired) electrons. The Kier molecular flexibility index (Phi) is 4.03. The Hall–Kier alpha value is -1.53. The maximum atomic E-state index is 11.9.